The molecule has 0 aromatic heterocycles. The molecule has 16 heavy (non-hydrogen) atoms. The van der Waals surface area contributed by atoms with Crippen molar-refractivity contribution < 1.29 is 31.1 Å². The second-order valence-electron chi connectivity index (χ2n) is 4.19. The molecule has 0 heterocycles. The van der Waals surface area contributed by atoms with Gasteiger partial charge in [-0.3, -0.25) is 4.21 Å². The van der Waals surface area contributed by atoms with Gasteiger partial charge in [-0.15, -0.1) is 0 Å². The molecule has 0 rings (SSSR count). The average Bonchev–Trinajstić information content (AvgIpc) is 2.20. The normalized spacial score (nSPS) is 12.1. The second-order valence-corrected chi connectivity index (χ2v) is 5.21. The van der Waals surface area contributed by atoms with Gasteiger partial charge in [0.2, 0.25) is 0 Å². The first-order valence-corrected chi connectivity index (χ1v) is 7.57. The third kappa shape index (κ3) is 17.3. The first kappa shape index (κ1) is 19.2. The van der Waals surface area contributed by atoms with E-state index in [9.17, 15) is 8.76 Å². The molecule has 1 unspecified atom stereocenters. The van der Waals surface area contributed by atoms with Crippen LogP contribution in [-0.4, -0.2) is 14.5 Å². The van der Waals surface area contributed by atoms with Crippen LogP contribution in [0, 0.1) is 0 Å². The Bertz CT molecular complexity index is 154. The van der Waals surface area contributed by atoms with E-state index in [4.69, 9.17) is 0 Å². The molecule has 0 aromatic rings. The maximum absolute atomic E-state index is 10.2. The molecule has 0 fully saturated rings. The van der Waals surface area contributed by atoms with E-state index in [-0.39, 0.29) is 22.4 Å². The molecule has 0 saturated carbocycles. The minimum absolute atomic E-state index is 0. The SMILES string of the molecule is CCCCCCCCCCCCS(=O)[O-].[Ag+]. The molecule has 0 aromatic carbocycles. The minimum Gasteiger partial charge on any atom is -0.772 e. The molecule has 0 amide bonds. The van der Waals surface area contributed by atoms with Crippen LogP contribution in [0.25, 0.3) is 0 Å². The fraction of sp³-hybridized carbons (Fsp3) is 1.00. The van der Waals surface area contributed by atoms with Crippen molar-refractivity contribution in [1.29, 1.82) is 0 Å². The molecule has 0 radical (unpaired) electrons. The van der Waals surface area contributed by atoms with E-state index in [0.29, 0.717) is 5.75 Å². The summed E-state index contributed by atoms with van der Waals surface area (Å²) in [5, 5.41) is 0. The zero-order valence-electron chi connectivity index (χ0n) is 10.3. The Morgan fingerprint density at radius 1 is 0.812 bits per heavy atom. The van der Waals surface area contributed by atoms with Crippen molar-refractivity contribution >= 4 is 11.1 Å². The van der Waals surface area contributed by atoms with Crippen LogP contribution in [0.1, 0.15) is 71.1 Å². The van der Waals surface area contributed by atoms with E-state index < -0.39 is 11.1 Å². The summed E-state index contributed by atoms with van der Waals surface area (Å²) in [7, 11) is 0. The quantitative estimate of drug-likeness (QED) is 0.326. The van der Waals surface area contributed by atoms with Gasteiger partial charge in [0.25, 0.3) is 0 Å². The summed E-state index contributed by atoms with van der Waals surface area (Å²) in [5.41, 5.74) is 0. The van der Waals surface area contributed by atoms with Crippen LogP contribution >= 0.6 is 0 Å². The van der Waals surface area contributed by atoms with E-state index >= 15 is 0 Å². The average molecular weight is 341 g/mol. The Hall–Kier alpha value is 0.850. The molecular formula is C12H25AgO2S. The Morgan fingerprint density at radius 3 is 1.56 bits per heavy atom. The molecular weight excluding hydrogens is 316 g/mol. The second kappa shape index (κ2) is 15.9. The van der Waals surface area contributed by atoms with Crippen LogP contribution in [-0.2, 0) is 33.5 Å². The number of rotatable bonds is 11. The van der Waals surface area contributed by atoms with Gasteiger partial charge in [-0.25, -0.2) is 0 Å². The minimum atomic E-state index is -1.83. The third-order valence-electron chi connectivity index (χ3n) is 2.66. The van der Waals surface area contributed by atoms with Crippen LogP contribution in [0.3, 0.4) is 0 Å². The maximum Gasteiger partial charge on any atom is 1.00 e. The summed E-state index contributed by atoms with van der Waals surface area (Å²) in [6.07, 6.45) is 12.5. The van der Waals surface area contributed by atoms with Gasteiger partial charge in [0.05, 0.1) is 0 Å². The fourth-order valence-corrected chi connectivity index (χ4v) is 2.15. The van der Waals surface area contributed by atoms with E-state index in [0.717, 1.165) is 12.8 Å². The first-order chi connectivity index (χ1) is 7.27. The van der Waals surface area contributed by atoms with Crippen molar-refractivity contribution in [2.24, 2.45) is 0 Å². The predicted molar refractivity (Wildman–Crippen MR) is 65.6 cm³/mol. The van der Waals surface area contributed by atoms with Crippen molar-refractivity contribution in [3.63, 3.8) is 0 Å². The van der Waals surface area contributed by atoms with Crippen LogP contribution < -0.4 is 0 Å². The van der Waals surface area contributed by atoms with Gasteiger partial charge in [-0.2, -0.15) is 0 Å². The molecule has 0 spiro atoms. The Morgan fingerprint density at radius 2 is 1.19 bits per heavy atom. The van der Waals surface area contributed by atoms with Gasteiger partial charge in [0, 0.05) is 5.75 Å². The summed E-state index contributed by atoms with van der Waals surface area (Å²) in [5.74, 6) is 0.344. The van der Waals surface area contributed by atoms with E-state index in [1.165, 1.54) is 51.4 Å². The van der Waals surface area contributed by atoms with Gasteiger partial charge in [0.1, 0.15) is 0 Å². The molecule has 2 nitrogen and oxygen atoms in total. The summed E-state index contributed by atoms with van der Waals surface area (Å²) < 4.78 is 20.5. The van der Waals surface area contributed by atoms with Crippen molar-refractivity contribution in [3.8, 4) is 0 Å². The van der Waals surface area contributed by atoms with Gasteiger partial charge in [-0.05, 0) is 6.42 Å². The largest absolute Gasteiger partial charge is 1.00 e. The zero-order chi connectivity index (χ0) is 11.4. The summed E-state index contributed by atoms with van der Waals surface area (Å²) in [4.78, 5) is 0. The molecule has 0 saturated heterocycles. The maximum atomic E-state index is 10.2. The molecule has 4 heteroatoms. The molecule has 0 aliphatic carbocycles. The van der Waals surface area contributed by atoms with Crippen molar-refractivity contribution in [3.05, 3.63) is 0 Å². The topological polar surface area (TPSA) is 40.1 Å². The van der Waals surface area contributed by atoms with Gasteiger partial charge < -0.3 is 4.55 Å². The zero-order valence-corrected chi connectivity index (χ0v) is 12.6. The fourth-order valence-electron chi connectivity index (χ4n) is 1.71. The van der Waals surface area contributed by atoms with Gasteiger partial charge in [0.15, 0.2) is 0 Å². The standard InChI is InChI=1S/C12H26O2S.Ag/c1-2-3-4-5-6-7-8-9-10-11-12-15(13)14;/h2-12H2,1H3,(H,13,14);/q;+1/p-1. The Labute approximate surface area is 119 Å². The smallest absolute Gasteiger partial charge is 0.772 e. The summed E-state index contributed by atoms with van der Waals surface area (Å²) in [6, 6.07) is 0. The summed E-state index contributed by atoms with van der Waals surface area (Å²) in [6.45, 7) is 2.24. The van der Waals surface area contributed by atoms with Crippen molar-refractivity contribution in [2.45, 2.75) is 71.1 Å². The Kier molecular flexibility index (Phi) is 19.0. The van der Waals surface area contributed by atoms with E-state index in [2.05, 4.69) is 6.92 Å². The van der Waals surface area contributed by atoms with Gasteiger partial charge >= 0.3 is 22.4 Å². The van der Waals surface area contributed by atoms with Crippen LogP contribution in [0.2, 0.25) is 0 Å². The number of hydrogen-bond acceptors (Lipinski definition) is 2. The molecule has 1 atom stereocenters. The van der Waals surface area contributed by atoms with E-state index in [1.807, 2.05) is 0 Å². The van der Waals surface area contributed by atoms with Crippen LogP contribution in [0.15, 0.2) is 0 Å². The number of hydrogen-bond donors (Lipinski definition) is 0. The van der Waals surface area contributed by atoms with Crippen molar-refractivity contribution in [2.75, 3.05) is 5.75 Å². The van der Waals surface area contributed by atoms with Gasteiger partial charge in [-0.1, -0.05) is 75.8 Å². The third-order valence-corrected chi connectivity index (χ3v) is 3.29. The van der Waals surface area contributed by atoms with Crippen molar-refractivity contribution in [1.82, 2.24) is 0 Å². The van der Waals surface area contributed by atoms with E-state index in [1.54, 1.807) is 0 Å². The first-order valence-electron chi connectivity index (χ1n) is 6.33. The molecule has 0 aliphatic heterocycles. The predicted octanol–water partition coefficient (Wildman–Crippen LogP) is 3.78. The van der Waals surface area contributed by atoms with Crippen LogP contribution in [0.5, 0.6) is 0 Å². The van der Waals surface area contributed by atoms with Crippen LogP contribution in [0.4, 0.5) is 0 Å². The number of unbranched alkanes of at least 4 members (excludes halogenated alkanes) is 9. The molecule has 0 N–H and O–H groups in total. The molecule has 102 valence electrons. The monoisotopic (exact) mass is 340 g/mol. The molecule has 0 bridgehead atoms. The Balaban J connectivity index is 0. The summed E-state index contributed by atoms with van der Waals surface area (Å²) >= 11 is -1.83. The molecule has 0 aliphatic rings.